The molecule has 0 unspecified atom stereocenters. The molecule has 1 rings (SSSR count). The Hall–Kier alpha value is -0.880. The second kappa shape index (κ2) is 6.16. The molecule has 0 radical (unpaired) electrons. The van der Waals surface area contributed by atoms with Gasteiger partial charge in [0.25, 0.3) is 0 Å². The first-order valence-corrected chi connectivity index (χ1v) is 5.98. The highest BCUT2D eigenvalue weighted by molar-refractivity contribution is 8.00. The fourth-order valence-electron chi connectivity index (χ4n) is 1.18. The topological polar surface area (TPSA) is 29.5 Å². The number of thioether (sulfide) groups is 1. The van der Waals surface area contributed by atoms with E-state index in [1.807, 2.05) is 0 Å². The van der Waals surface area contributed by atoms with Gasteiger partial charge in [0.2, 0.25) is 0 Å². The lowest BCUT2D eigenvalue weighted by molar-refractivity contribution is -0.0329. The Morgan fingerprint density at radius 2 is 2.12 bits per heavy atom. The lowest BCUT2D eigenvalue weighted by Gasteiger charge is -2.10. The molecule has 0 aliphatic heterocycles. The summed E-state index contributed by atoms with van der Waals surface area (Å²) in [4.78, 5) is 0. The van der Waals surface area contributed by atoms with Crippen molar-refractivity contribution in [3.8, 4) is 5.75 Å². The lowest BCUT2D eigenvalue weighted by atomic mass is 10.1. The van der Waals surface area contributed by atoms with E-state index in [4.69, 9.17) is 4.74 Å². The van der Waals surface area contributed by atoms with Gasteiger partial charge in [-0.15, -0.1) is 0 Å². The smallest absolute Gasteiger partial charge is 0.441 e. The van der Waals surface area contributed by atoms with Crippen molar-refractivity contribution in [2.45, 2.75) is 18.5 Å². The third kappa shape index (κ3) is 5.83. The molecule has 1 aromatic rings. The molecule has 2 nitrogen and oxygen atoms in total. The minimum Gasteiger partial charge on any atom is -0.493 e. The van der Waals surface area contributed by atoms with Crippen LogP contribution in [-0.2, 0) is 0 Å². The summed E-state index contributed by atoms with van der Waals surface area (Å²) in [6, 6.07) is 6.67. The van der Waals surface area contributed by atoms with Crippen LogP contribution in [0.1, 0.15) is 18.6 Å². The molecule has 0 aliphatic carbocycles. The average molecular weight is 266 g/mol. The van der Waals surface area contributed by atoms with Gasteiger partial charge in [0.1, 0.15) is 5.75 Å². The third-order valence-corrected chi connectivity index (χ3v) is 2.66. The van der Waals surface area contributed by atoms with E-state index in [0.717, 1.165) is 0 Å². The van der Waals surface area contributed by atoms with Crippen molar-refractivity contribution in [3.63, 3.8) is 0 Å². The molecule has 1 aromatic carbocycles. The molecule has 0 saturated heterocycles. The molecule has 17 heavy (non-hydrogen) atoms. The van der Waals surface area contributed by atoms with Crippen LogP contribution in [-0.4, -0.2) is 23.0 Å². The summed E-state index contributed by atoms with van der Waals surface area (Å²) in [6.07, 6.45) is -0.622. The van der Waals surface area contributed by atoms with Crippen LogP contribution < -0.4 is 4.74 Å². The number of rotatable bonds is 5. The fourth-order valence-corrected chi connectivity index (χ4v) is 1.58. The van der Waals surface area contributed by atoms with Gasteiger partial charge in [-0.3, -0.25) is 0 Å². The van der Waals surface area contributed by atoms with Gasteiger partial charge in [-0.05, 0) is 36.4 Å². The van der Waals surface area contributed by atoms with Crippen LogP contribution in [0.3, 0.4) is 0 Å². The summed E-state index contributed by atoms with van der Waals surface area (Å²) in [5.74, 6) is 0.314. The van der Waals surface area contributed by atoms with E-state index in [-0.39, 0.29) is 24.1 Å². The van der Waals surface area contributed by atoms with Crippen LogP contribution in [0.15, 0.2) is 24.3 Å². The first-order chi connectivity index (χ1) is 7.88. The molecule has 1 N–H and O–H groups in total. The minimum atomic E-state index is -4.22. The predicted octanol–water partition coefficient (Wildman–Crippen LogP) is 3.37. The van der Waals surface area contributed by atoms with E-state index in [1.165, 1.54) is 0 Å². The molecule has 0 bridgehead atoms. The fraction of sp³-hybridized carbons (Fsp3) is 0.455. The Balaban J connectivity index is 2.39. The number of hydrogen-bond donors (Lipinski definition) is 1. The molecule has 0 amide bonds. The molecule has 1 atom stereocenters. The van der Waals surface area contributed by atoms with E-state index in [9.17, 15) is 18.3 Å². The van der Waals surface area contributed by atoms with Gasteiger partial charge < -0.3 is 9.84 Å². The summed E-state index contributed by atoms with van der Waals surface area (Å²) >= 11 is -0.111. The Labute approximate surface area is 102 Å². The Morgan fingerprint density at radius 3 is 2.71 bits per heavy atom. The van der Waals surface area contributed by atoms with Crippen LogP contribution in [0.2, 0.25) is 0 Å². The highest BCUT2D eigenvalue weighted by atomic mass is 32.2. The largest absolute Gasteiger partial charge is 0.493 e. The second-order valence-electron chi connectivity index (χ2n) is 3.39. The highest BCUT2D eigenvalue weighted by Gasteiger charge is 2.27. The zero-order valence-corrected chi connectivity index (χ0v) is 10.0. The molecule has 0 fully saturated rings. The van der Waals surface area contributed by atoms with Crippen molar-refractivity contribution in [2.75, 3.05) is 12.4 Å². The van der Waals surface area contributed by atoms with Crippen LogP contribution >= 0.6 is 11.8 Å². The van der Waals surface area contributed by atoms with Crippen LogP contribution in [0.5, 0.6) is 5.75 Å². The summed E-state index contributed by atoms with van der Waals surface area (Å²) in [5.41, 5.74) is -3.55. The van der Waals surface area contributed by atoms with Crippen molar-refractivity contribution in [1.29, 1.82) is 0 Å². The number of benzene rings is 1. The molecule has 0 saturated carbocycles. The number of hydrogen-bond acceptors (Lipinski definition) is 3. The van der Waals surface area contributed by atoms with Gasteiger partial charge in [-0.1, -0.05) is 12.1 Å². The summed E-state index contributed by atoms with van der Waals surface area (Å²) in [7, 11) is 0. The quantitative estimate of drug-likeness (QED) is 0.828. The zero-order chi connectivity index (χ0) is 12.9. The van der Waals surface area contributed by atoms with Gasteiger partial charge in [-0.2, -0.15) is 13.2 Å². The first kappa shape index (κ1) is 14.2. The SMILES string of the molecule is C[C@@H](O)c1cccc(OCCSC(F)(F)F)c1. The predicted molar refractivity (Wildman–Crippen MR) is 61.1 cm³/mol. The van der Waals surface area contributed by atoms with Crippen molar-refractivity contribution >= 4 is 11.8 Å². The Kier molecular flexibility index (Phi) is 5.14. The summed E-state index contributed by atoms with van der Waals surface area (Å²) in [5, 5.41) is 9.32. The van der Waals surface area contributed by atoms with Crippen molar-refractivity contribution in [3.05, 3.63) is 29.8 Å². The molecule has 0 aromatic heterocycles. The summed E-state index contributed by atoms with van der Waals surface area (Å²) < 4.78 is 40.6. The van der Waals surface area contributed by atoms with Gasteiger partial charge >= 0.3 is 5.51 Å². The maximum Gasteiger partial charge on any atom is 0.441 e. The summed E-state index contributed by atoms with van der Waals surface area (Å²) in [6.45, 7) is 1.59. The van der Waals surface area contributed by atoms with E-state index < -0.39 is 11.6 Å². The second-order valence-corrected chi connectivity index (χ2v) is 4.55. The van der Waals surface area contributed by atoms with Gasteiger partial charge in [0.05, 0.1) is 12.7 Å². The Bertz CT molecular complexity index is 353. The van der Waals surface area contributed by atoms with Crippen LogP contribution in [0.4, 0.5) is 13.2 Å². The molecular weight excluding hydrogens is 253 g/mol. The van der Waals surface area contributed by atoms with Crippen molar-refractivity contribution in [2.24, 2.45) is 0 Å². The average Bonchev–Trinajstić information content (AvgIpc) is 2.23. The van der Waals surface area contributed by atoms with Gasteiger partial charge in [0.15, 0.2) is 0 Å². The third-order valence-electron chi connectivity index (χ3n) is 1.96. The molecule has 0 aliphatic rings. The molecule has 6 heteroatoms. The zero-order valence-electron chi connectivity index (χ0n) is 9.20. The van der Waals surface area contributed by atoms with Crippen molar-refractivity contribution < 1.29 is 23.0 Å². The highest BCUT2D eigenvalue weighted by Crippen LogP contribution is 2.29. The first-order valence-electron chi connectivity index (χ1n) is 5.00. The standard InChI is InChI=1S/C11H13F3O2S/c1-8(15)9-3-2-4-10(7-9)16-5-6-17-11(12,13)14/h2-4,7-8,15H,5-6H2,1H3/t8-/m1/s1. The van der Waals surface area contributed by atoms with Gasteiger partial charge in [0, 0.05) is 5.75 Å². The maximum absolute atomic E-state index is 11.8. The normalized spacial score (nSPS) is 13.5. The number of alkyl halides is 3. The van der Waals surface area contributed by atoms with Crippen LogP contribution in [0, 0.1) is 0 Å². The molecule has 0 spiro atoms. The molecule has 0 heterocycles. The molecule has 96 valence electrons. The van der Waals surface area contributed by atoms with E-state index in [2.05, 4.69) is 0 Å². The lowest BCUT2D eigenvalue weighted by Crippen LogP contribution is -2.07. The number of aliphatic hydroxyl groups excluding tert-OH is 1. The minimum absolute atomic E-state index is 0.0204. The number of halogens is 3. The van der Waals surface area contributed by atoms with Crippen molar-refractivity contribution in [1.82, 2.24) is 0 Å². The van der Waals surface area contributed by atoms with Gasteiger partial charge in [-0.25, -0.2) is 0 Å². The van der Waals surface area contributed by atoms with E-state index >= 15 is 0 Å². The Morgan fingerprint density at radius 1 is 1.41 bits per heavy atom. The van der Waals surface area contributed by atoms with E-state index in [0.29, 0.717) is 11.3 Å². The number of aliphatic hydroxyl groups is 1. The maximum atomic E-state index is 11.8. The molecular formula is C11H13F3O2S. The monoisotopic (exact) mass is 266 g/mol. The van der Waals surface area contributed by atoms with E-state index in [1.54, 1.807) is 31.2 Å². The number of ether oxygens (including phenoxy) is 1. The van der Waals surface area contributed by atoms with Crippen LogP contribution in [0.25, 0.3) is 0 Å².